The van der Waals surface area contributed by atoms with Gasteiger partial charge in [-0.05, 0) is 25.7 Å². The van der Waals surface area contributed by atoms with Crippen molar-refractivity contribution in [3.05, 3.63) is 0 Å². The van der Waals surface area contributed by atoms with Gasteiger partial charge in [-0.1, -0.05) is 20.8 Å². The molecule has 0 spiro atoms. The Morgan fingerprint density at radius 3 is 2.11 bits per heavy atom. The Morgan fingerprint density at radius 2 is 1.63 bits per heavy atom. The highest BCUT2D eigenvalue weighted by atomic mass is 16.5. The third-order valence-electron chi connectivity index (χ3n) is 2.35. The van der Waals surface area contributed by atoms with Gasteiger partial charge in [-0.15, -0.1) is 0 Å². The van der Waals surface area contributed by atoms with Crippen LogP contribution in [-0.2, 0) is 0 Å². The highest BCUT2D eigenvalue weighted by molar-refractivity contribution is 5.36. The van der Waals surface area contributed by atoms with Crippen molar-refractivity contribution in [2.24, 2.45) is 11.3 Å². The molecule has 1 rings (SSSR count). The summed E-state index contributed by atoms with van der Waals surface area (Å²) >= 11 is 0. The summed E-state index contributed by atoms with van der Waals surface area (Å²) in [7, 11) is 1.50. The zero-order valence-corrected chi connectivity index (χ0v) is 12.5. The summed E-state index contributed by atoms with van der Waals surface area (Å²) in [6.07, 6.45) is 0.958. The molecule has 7 nitrogen and oxygen atoms in total. The Bertz CT molecular complexity index is 404. The highest BCUT2D eigenvalue weighted by Crippen LogP contribution is 2.29. The lowest BCUT2D eigenvalue weighted by molar-refractivity contribution is 0.301. The molecule has 0 saturated heterocycles. The Morgan fingerprint density at radius 1 is 1.05 bits per heavy atom. The van der Waals surface area contributed by atoms with Crippen molar-refractivity contribution in [1.82, 2.24) is 15.0 Å². The van der Waals surface area contributed by atoms with E-state index in [0.717, 1.165) is 6.42 Å². The van der Waals surface area contributed by atoms with E-state index >= 15 is 0 Å². The number of nitrogens with two attached hydrogens (primary N) is 1. The SMILES string of the molecule is COc1nc(NN)nc(NC(C)(C)CC(C)(C)C)n1. The quantitative estimate of drug-likeness (QED) is 0.553. The van der Waals surface area contributed by atoms with Crippen LogP contribution in [0.4, 0.5) is 11.9 Å². The summed E-state index contributed by atoms with van der Waals surface area (Å²) in [6, 6.07) is 0.219. The van der Waals surface area contributed by atoms with E-state index in [2.05, 4.69) is 60.3 Å². The average molecular weight is 268 g/mol. The van der Waals surface area contributed by atoms with E-state index in [1.165, 1.54) is 7.11 Å². The monoisotopic (exact) mass is 268 g/mol. The van der Waals surface area contributed by atoms with Gasteiger partial charge in [-0.25, -0.2) is 5.84 Å². The molecular formula is C12H24N6O. The smallest absolute Gasteiger partial charge is 0.322 e. The van der Waals surface area contributed by atoms with Crippen LogP contribution in [0, 0.1) is 5.41 Å². The molecule has 19 heavy (non-hydrogen) atoms. The maximum absolute atomic E-state index is 5.32. The van der Waals surface area contributed by atoms with Crippen LogP contribution in [0.25, 0.3) is 0 Å². The number of rotatable bonds is 5. The van der Waals surface area contributed by atoms with Crippen molar-refractivity contribution in [2.75, 3.05) is 17.9 Å². The summed E-state index contributed by atoms with van der Waals surface area (Å²) in [5.41, 5.74) is 2.43. The molecule has 0 bridgehead atoms. The van der Waals surface area contributed by atoms with Crippen molar-refractivity contribution in [3.63, 3.8) is 0 Å². The van der Waals surface area contributed by atoms with Crippen LogP contribution < -0.4 is 21.3 Å². The minimum Gasteiger partial charge on any atom is -0.467 e. The van der Waals surface area contributed by atoms with E-state index in [4.69, 9.17) is 10.6 Å². The molecule has 7 heteroatoms. The zero-order chi connectivity index (χ0) is 14.7. The Kier molecular flexibility index (Phi) is 4.52. The maximum atomic E-state index is 5.32. The summed E-state index contributed by atoms with van der Waals surface area (Å²) in [5.74, 6) is 6.03. The number of anilines is 2. The predicted octanol–water partition coefficient (Wildman–Crippen LogP) is 1.79. The maximum Gasteiger partial charge on any atom is 0.322 e. The number of aromatic nitrogens is 3. The fraction of sp³-hybridized carbons (Fsp3) is 0.750. The molecule has 0 aliphatic rings. The van der Waals surface area contributed by atoms with Gasteiger partial charge in [0, 0.05) is 5.54 Å². The second-order valence-corrected chi connectivity index (χ2v) is 6.36. The average Bonchev–Trinajstić information content (AvgIpc) is 2.24. The predicted molar refractivity (Wildman–Crippen MR) is 76.0 cm³/mol. The van der Waals surface area contributed by atoms with Gasteiger partial charge >= 0.3 is 6.01 Å². The number of nitrogens with one attached hydrogen (secondary N) is 2. The molecule has 1 aromatic heterocycles. The summed E-state index contributed by atoms with van der Waals surface area (Å²) in [4.78, 5) is 12.3. The number of hydrogen-bond acceptors (Lipinski definition) is 7. The molecule has 0 aliphatic heterocycles. The molecule has 1 aromatic rings. The van der Waals surface area contributed by atoms with Crippen LogP contribution in [-0.4, -0.2) is 27.6 Å². The van der Waals surface area contributed by atoms with Gasteiger partial charge in [0.15, 0.2) is 0 Å². The van der Waals surface area contributed by atoms with Crippen molar-refractivity contribution >= 4 is 11.9 Å². The molecule has 1 heterocycles. The number of nitrogens with zero attached hydrogens (tertiary/aromatic N) is 3. The first-order chi connectivity index (χ1) is 8.65. The van der Waals surface area contributed by atoms with Crippen molar-refractivity contribution in [1.29, 1.82) is 0 Å². The molecule has 0 fully saturated rings. The third-order valence-corrected chi connectivity index (χ3v) is 2.35. The van der Waals surface area contributed by atoms with E-state index in [1.54, 1.807) is 0 Å². The van der Waals surface area contributed by atoms with Gasteiger partial charge in [0.2, 0.25) is 11.9 Å². The molecule has 0 amide bonds. The molecule has 108 valence electrons. The first-order valence-corrected chi connectivity index (χ1v) is 6.20. The topological polar surface area (TPSA) is 98.0 Å². The van der Waals surface area contributed by atoms with Crippen molar-refractivity contribution < 1.29 is 4.74 Å². The van der Waals surface area contributed by atoms with Crippen LogP contribution in [0.5, 0.6) is 6.01 Å². The van der Waals surface area contributed by atoms with E-state index in [-0.39, 0.29) is 22.9 Å². The number of hydrazine groups is 1. The fourth-order valence-corrected chi connectivity index (χ4v) is 2.24. The first kappa shape index (κ1) is 15.4. The molecule has 0 aliphatic carbocycles. The Hall–Kier alpha value is -1.63. The number of hydrogen-bond donors (Lipinski definition) is 3. The van der Waals surface area contributed by atoms with Gasteiger partial charge in [-0.2, -0.15) is 15.0 Å². The second-order valence-electron chi connectivity index (χ2n) is 6.36. The lowest BCUT2D eigenvalue weighted by Crippen LogP contribution is -2.36. The van der Waals surface area contributed by atoms with E-state index in [0.29, 0.717) is 5.95 Å². The Balaban J connectivity index is 2.91. The van der Waals surface area contributed by atoms with Crippen LogP contribution in [0.3, 0.4) is 0 Å². The molecule has 0 unspecified atom stereocenters. The molecule has 0 radical (unpaired) electrons. The number of methoxy groups -OCH3 is 1. The first-order valence-electron chi connectivity index (χ1n) is 6.20. The van der Waals surface area contributed by atoms with Gasteiger partial charge in [0.05, 0.1) is 7.11 Å². The fourth-order valence-electron chi connectivity index (χ4n) is 2.24. The molecular weight excluding hydrogens is 244 g/mol. The van der Waals surface area contributed by atoms with Crippen LogP contribution in [0.2, 0.25) is 0 Å². The zero-order valence-electron chi connectivity index (χ0n) is 12.5. The Labute approximate surface area is 114 Å². The van der Waals surface area contributed by atoms with E-state index in [9.17, 15) is 0 Å². The van der Waals surface area contributed by atoms with Crippen LogP contribution >= 0.6 is 0 Å². The van der Waals surface area contributed by atoms with Gasteiger partial charge in [0.1, 0.15) is 0 Å². The number of nitrogen functional groups attached to an aromatic ring is 1. The number of ether oxygens (including phenoxy) is 1. The molecule has 0 saturated carbocycles. The van der Waals surface area contributed by atoms with Crippen molar-refractivity contribution in [3.8, 4) is 6.01 Å². The van der Waals surface area contributed by atoms with Gasteiger partial charge in [0.25, 0.3) is 0 Å². The third kappa shape index (κ3) is 5.25. The second kappa shape index (κ2) is 5.56. The van der Waals surface area contributed by atoms with E-state index < -0.39 is 0 Å². The van der Waals surface area contributed by atoms with Crippen molar-refractivity contribution in [2.45, 2.75) is 46.6 Å². The lowest BCUT2D eigenvalue weighted by atomic mass is 9.82. The van der Waals surface area contributed by atoms with Crippen LogP contribution in [0.1, 0.15) is 41.0 Å². The minimum absolute atomic E-state index is 0.156. The summed E-state index contributed by atoms with van der Waals surface area (Å²) in [6.45, 7) is 10.8. The largest absolute Gasteiger partial charge is 0.467 e. The molecule has 0 aromatic carbocycles. The molecule has 4 N–H and O–H groups in total. The minimum atomic E-state index is -0.156. The van der Waals surface area contributed by atoms with Gasteiger partial charge < -0.3 is 10.1 Å². The van der Waals surface area contributed by atoms with E-state index in [1.807, 2.05) is 0 Å². The summed E-state index contributed by atoms with van der Waals surface area (Å²) in [5, 5.41) is 3.29. The molecule has 0 atom stereocenters. The summed E-state index contributed by atoms with van der Waals surface area (Å²) < 4.78 is 5.01. The van der Waals surface area contributed by atoms with Crippen LogP contribution in [0.15, 0.2) is 0 Å². The standard InChI is InChI=1S/C12H24N6O/c1-11(2,3)7-12(4,5)17-8-14-9(18-13)16-10(15-8)19-6/h7,13H2,1-6H3,(H2,14,15,16,17,18). The van der Waals surface area contributed by atoms with Gasteiger partial charge in [-0.3, -0.25) is 5.43 Å². The highest BCUT2D eigenvalue weighted by Gasteiger charge is 2.26. The lowest BCUT2D eigenvalue weighted by Gasteiger charge is -2.33. The normalized spacial score (nSPS) is 12.2.